The lowest BCUT2D eigenvalue weighted by atomic mass is 9.98. The molecule has 5 aromatic rings. The van der Waals surface area contributed by atoms with Crippen LogP contribution in [0.5, 0.6) is 11.5 Å². The molecule has 164 valence electrons. The van der Waals surface area contributed by atoms with Crippen LogP contribution < -0.4 is 10.3 Å². The summed E-state index contributed by atoms with van der Waals surface area (Å²) in [6.45, 7) is 1.74. The smallest absolute Gasteiger partial charge is 0.263 e. The van der Waals surface area contributed by atoms with Crippen molar-refractivity contribution in [3.05, 3.63) is 87.8 Å². The average molecular weight is 459 g/mol. The van der Waals surface area contributed by atoms with Gasteiger partial charge in [-0.15, -0.1) is 0 Å². The lowest BCUT2D eigenvalue weighted by molar-refractivity contribution is 0.415. The molecule has 0 unspecified atom stereocenters. The Morgan fingerprint density at radius 1 is 1.00 bits per heavy atom. The number of nitrogens with zero attached hydrogens (tertiary/aromatic N) is 1. The highest BCUT2D eigenvalue weighted by molar-refractivity contribution is 6.34. The van der Waals surface area contributed by atoms with Gasteiger partial charge in [0, 0.05) is 17.0 Å². The van der Waals surface area contributed by atoms with E-state index in [0.717, 1.165) is 28.0 Å². The number of methoxy groups -OCH3 is 1. The molecule has 0 bridgehead atoms. The number of hydrogen-bond acceptors (Lipinski definition) is 5. The summed E-state index contributed by atoms with van der Waals surface area (Å²) in [5, 5.41) is 15.7. The van der Waals surface area contributed by atoms with Crippen LogP contribution in [-0.2, 0) is 0 Å². The number of hydrogen-bond donors (Lipinski definition) is 2. The van der Waals surface area contributed by atoms with Crippen LogP contribution in [0.15, 0.2) is 76.0 Å². The molecule has 0 aliphatic rings. The number of ether oxygens (including phenoxy) is 1. The molecule has 0 saturated carbocycles. The lowest BCUT2D eigenvalue weighted by Gasteiger charge is -2.11. The van der Waals surface area contributed by atoms with Crippen LogP contribution in [0.2, 0.25) is 5.02 Å². The van der Waals surface area contributed by atoms with Crippen molar-refractivity contribution in [3.63, 3.8) is 0 Å². The number of halogens is 1. The Morgan fingerprint density at radius 2 is 1.76 bits per heavy atom. The third-order valence-corrected chi connectivity index (χ3v) is 5.86. The molecule has 3 aromatic carbocycles. The predicted molar refractivity (Wildman–Crippen MR) is 129 cm³/mol. The summed E-state index contributed by atoms with van der Waals surface area (Å²) >= 11 is 6.55. The molecule has 2 heterocycles. The van der Waals surface area contributed by atoms with Gasteiger partial charge in [0.1, 0.15) is 17.1 Å². The number of aromatic nitrogens is 2. The van der Waals surface area contributed by atoms with Gasteiger partial charge in [0.15, 0.2) is 5.76 Å². The summed E-state index contributed by atoms with van der Waals surface area (Å²) in [5.41, 5.74) is 4.25. The molecule has 0 aliphatic heterocycles. The first kappa shape index (κ1) is 20.8. The van der Waals surface area contributed by atoms with E-state index >= 15 is 0 Å². The van der Waals surface area contributed by atoms with Crippen molar-refractivity contribution in [2.45, 2.75) is 6.92 Å². The Kier molecular flexibility index (Phi) is 5.15. The molecule has 0 fully saturated rings. The molecular formula is C26H19ClN2O4. The van der Waals surface area contributed by atoms with Gasteiger partial charge in [-0.1, -0.05) is 53.2 Å². The molecule has 2 N–H and O–H groups in total. The lowest BCUT2D eigenvalue weighted by Crippen LogP contribution is -2.09. The second-order valence-electron chi connectivity index (χ2n) is 7.70. The number of aryl methyl sites for hydroxylation is 1. The van der Waals surface area contributed by atoms with Gasteiger partial charge in [-0.2, -0.15) is 0 Å². The van der Waals surface area contributed by atoms with E-state index in [1.165, 1.54) is 0 Å². The minimum Gasteiger partial charge on any atom is -0.506 e. The zero-order chi connectivity index (χ0) is 23.1. The predicted octanol–water partition coefficient (Wildman–Crippen LogP) is 6.19. The van der Waals surface area contributed by atoms with Crippen molar-refractivity contribution in [3.8, 4) is 45.1 Å². The summed E-state index contributed by atoms with van der Waals surface area (Å²) < 4.78 is 10.5. The Hall–Kier alpha value is -4.03. The van der Waals surface area contributed by atoms with Crippen LogP contribution in [0.25, 0.3) is 44.5 Å². The van der Waals surface area contributed by atoms with E-state index in [1.807, 2.05) is 48.5 Å². The fourth-order valence-corrected chi connectivity index (χ4v) is 4.15. The minimum absolute atomic E-state index is 0.0322. The SMILES string of the molecule is COc1cccc(-c2ccc(-c3cc4c(O)c(-c5cc(C)no5)c(=O)[nH]c4cc3Cl)cc2)c1. The average Bonchev–Trinajstić information content (AvgIpc) is 3.24. The molecule has 0 saturated heterocycles. The highest BCUT2D eigenvalue weighted by atomic mass is 35.5. The monoisotopic (exact) mass is 458 g/mol. The highest BCUT2D eigenvalue weighted by Gasteiger charge is 2.19. The maximum absolute atomic E-state index is 12.6. The Labute approximate surface area is 194 Å². The van der Waals surface area contributed by atoms with Gasteiger partial charge in [-0.25, -0.2) is 0 Å². The van der Waals surface area contributed by atoms with Crippen molar-refractivity contribution in [2.75, 3.05) is 7.11 Å². The van der Waals surface area contributed by atoms with Crippen LogP contribution >= 0.6 is 11.6 Å². The Morgan fingerprint density at radius 3 is 2.45 bits per heavy atom. The van der Waals surface area contributed by atoms with Gasteiger partial charge in [-0.05, 0) is 47.9 Å². The van der Waals surface area contributed by atoms with Crippen molar-refractivity contribution >= 4 is 22.5 Å². The first-order valence-electron chi connectivity index (χ1n) is 10.2. The molecule has 0 amide bonds. The summed E-state index contributed by atoms with van der Waals surface area (Å²) in [6, 6.07) is 20.8. The molecule has 33 heavy (non-hydrogen) atoms. The molecule has 6 nitrogen and oxygen atoms in total. The van der Waals surface area contributed by atoms with Crippen LogP contribution in [0, 0.1) is 6.92 Å². The number of fused-ring (bicyclic) bond motifs is 1. The molecule has 0 radical (unpaired) electrons. The summed E-state index contributed by atoms with van der Waals surface area (Å²) in [7, 11) is 1.64. The van der Waals surface area contributed by atoms with Crippen molar-refractivity contribution in [2.24, 2.45) is 0 Å². The zero-order valence-electron chi connectivity index (χ0n) is 17.8. The largest absolute Gasteiger partial charge is 0.506 e. The Balaban J connectivity index is 1.61. The Bertz CT molecular complexity index is 1550. The number of benzene rings is 3. The summed E-state index contributed by atoms with van der Waals surface area (Å²) in [6.07, 6.45) is 0. The van der Waals surface area contributed by atoms with Gasteiger partial charge in [0.05, 0.1) is 23.3 Å². The van der Waals surface area contributed by atoms with E-state index in [4.69, 9.17) is 20.9 Å². The number of H-pyrrole nitrogens is 1. The quantitative estimate of drug-likeness (QED) is 0.335. The van der Waals surface area contributed by atoms with Crippen molar-refractivity contribution in [1.29, 1.82) is 0 Å². The molecule has 0 atom stereocenters. The van der Waals surface area contributed by atoms with Crippen LogP contribution in [0.3, 0.4) is 0 Å². The van der Waals surface area contributed by atoms with Gasteiger partial charge in [-0.3, -0.25) is 4.79 Å². The molecule has 2 aromatic heterocycles. The molecular weight excluding hydrogens is 440 g/mol. The summed E-state index contributed by atoms with van der Waals surface area (Å²) in [5.74, 6) is 0.805. The number of rotatable bonds is 4. The van der Waals surface area contributed by atoms with Gasteiger partial charge < -0.3 is 19.4 Å². The number of aromatic amines is 1. The maximum Gasteiger partial charge on any atom is 0.263 e. The first-order chi connectivity index (χ1) is 15.9. The van der Waals surface area contributed by atoms with E-state index in [0.29, 0.717) is 21.6 Å². The molecule has 7 heteroatoms. The molecule has 5 rings (SSSR count). The number of nitrogens with one attached hydrogen (secondary N) is 1. The zero-order valence-corrected chi connectivity index (χ0v) is 18.6. The number of aromatic hydroxyl groups is 1. The standard InChI is InChI=1S/C26H19ClN2O4/c1-14-10-23(33-29-14)24-25(30)20-12-19(21(27)13-22(20)28-26(24)31)16-8-6-15(7-9-16)17-4-3-5-18(11-17)32-2/h3-13H,1-2H3,(H2,28,30,31). The molecule has 0 aliphatic carbocycles. The molecule has 0 spiro atoms. The van der Waals surface area contributed by atoms with E-state index in [1.54, 1.807) is 32.2 Å². The van der Waals surface area contributed by atoms with Gasteiger partial charge in [0.25, 0.3) is 5.56 Å². The second-order valence-corrected chi connectivity index (χ2v) is 8.10. The van der Waals surface area contributed by atoms with Crippen molar-refractivity contribution < 1.29 is 14.4 Å². The fourth-order valence-electron chi connectivity index (χ4n) is 3.88. The first-order valence-corrected chi connectivity index (χ1v) is 10.6. The third kappa shape index (κ3) is 3.75. The van der Waals surface area contributed by atoms with E-state index < -0.39 is 5.56 Å². The third-order valence-electron chi connectivity index (χ3n) is 5.55. The maximum atomic E-state index is 12.6. The number of pyridine rings is 1. The normalized spacial score (nSPS) is 11.1. The van der Waals surface area contributed by atoms with Gasteiger partial charge >= 0.3 is 0 Å². The van der Waals surface area contributed by atoms with E-state index in [2.05, 4.69) is 10.1 Å². The summed E-state index contributed by atoms with van der Waals surface area (Å²) in [4.78, 5) is 15.4. The highest BCUT2D eigenvalue weighted by Crippen LogP contribution is 2.38. The van der Waals surface area contributed by atoms with Crippen LogP contribution in [0.4, 0.5) is 0 Å². The minimum atomic E-state index is -0.484. The van der Waals surface area contributed by atoms with E-state index in [9.17, 15) is 9.90 Å². The van der Waals surface area contributed by atoms with Crippen molar-refractivity contribution in [1.82, 2.24) is 10.1 Å². The second kappa shape index (κ2) is 8.15. The van der Waals surface area contributed by atoms with Crippen LogP contribution in [0.1, 0.15) is 5.69 Å². The van der Waals surface area contributed by atoms with E-state index in [-0.39, 0.29) is 17.1 Å². The van der Waals surface area contributed by atoms with Crippen LogP contribution in [-0.4, -0.2) is 22.4 Å². The van der Waals surface area contributed by atoms with Gasteiger partial charge in [0.2, 0.25) is 0 Å². The topological polar surface area (TPSA) is 88.3 Å². The fraction of sp³-hybridized carbons (Fsp3) is 0.0769.